The van der Waals surface area contributed by atoms with Crippen molar-refractivity contribution in [3.8, 4) is 0 Å². The zero-order chi connectivity index (χ0) is 14.1. The summed E-state index contributed by atoms with van der Waals surface area (Å²) in [4.78, 5) is 14.6. The molecular formula is C15H17ClFNO2. The Morgan fingerprint density at radius 2 is 2.35 bits per heavy atom. The number of ether oxygens (including phenoxy) is 1. The summed E-state index contributed by atoms with van der Waals surface area (Å²) in [6.07, 6.45) is 2.14. The number of nitrogens with zero attached hydrogens (tertiary/aromatic N) is 1. The Bertz CT molecular complexity index is 523. The first-order valence-corrected chi connectivity index (χ1v) is 7.33. The first-order chi connectivity index (χ1) is 9.63. The summed E-state index contributed by atoms with van der Waals surface area (Å²) in [5.74, 6) is -0.474. The summed E-state index contributed by atoms with van der Waals surface area (Å²) >= 11 is 5.64. The second kappa shape index (κ2) is 5.80. The lowest BCUT2D eigenvalue weighted by Crippen LogP contribution is -2.49. The lowest BCUT2D eigenvalue weighted by atomic mass is 10.0. The van der Waals surface area contributed by atoms with Crippen LogP contribution in [0, 0.1) is 5.82 Å². The fraction of sp³-hybridized carbons (Fsp3) is 0.533. The molecule has 0 N–H and O–H groups in total. The van der Waals surface area contributed by atoms with Crippen molar-refractivity contribution in [3.63, 3.8) is 0 Å². The van der Waals surface area contributed by atoms with Crippen molar-refractivity contribution >= 4 is 17.4 Å². The highest BCUT2D eigenvalue weighted by Gasteiger charge is 2.35. The Kier molecular flexibility index (Phi) is 4.06. The van der Waals surface area contributed by atoms with Crippen LogP contribution in [-0.4, -0.2) is 42.5 Å². The third-order valence-electron chi connectivity index (χ3n) is 4.11. The minimum Gasteiger partial charge on any atom is -0.367 e. The molecule has 0 aromatic heterocycles. The number of fused-ring (bicyclic) bond motifs is 1. The topological polar surface area (TPSA) is 29.5 Å². The zero-order valence-electron chi connectivity index (χ0n) is 11.1. The van der Waals surface area contributed by atoms with Crippen LogP contribution in [0.2, 0.25) is 5.02 Å². The van der Waals surface area contributed by atoms with Gasteiger partial charge in [0.1, 0.15) is 11.9 Å². The Hall–Kier alpha value is -0.970. The fourth-order valence-corrected chi connectivity index (χ4v) is 3.09. The molecule has 2 atom stereocenters. The molecule has 0 spiro atoms. The van der Waals surface area contributed by atoms with Crippen molar-refractivity contribution in [2.24, 2.45) is 0 Å². The average molecular weight is 298 g/mol. The lowest BCUT2D eigenvalue weighted by molar-refractivity contribution is -0.137. The van der Waals surface area contributed by atoms with Gasteiger partial charge in [0.2, 0.25) is 0 Å². The van der Waals surface area contributed by atoms with Gasteiger partial charge in [0.05, 0.1) is 11.6 Å². The molecule has 0 radical (unpaired) electrons. The molecule has 2 unspecified atom stereocenters. The van der Waals surface area contributed by atoms with Crippen LogP contribution in [-0.2, 0) is 16.0 Å². The fourth-order valence-electron chi connectivity index (χ4n) is 2.98. The number of benzene rings is 1. The molecule has 3 nitrogen and oxygen atoms in total. The molecule has 0 saturated carbocycles. The number of ketones is 1. The Morgan fingerprint density at radius 3 is 3.15 bits per heavy atom. The summed E-state index contributed by atoms with van der Waals surface area (Å²) in [5, 5.41) is 0.0787. The third-order valence-corrected chi connectivity index (χ3v) is 4.42. The van der Waals surface area contributed by atoms with Crippen molar-refractivity contribution in [2.75, 3.05) is 19.7 Å². The highest BCUT2D eigenvalue weighted by molar-refractivity contribution is 6.30. The monoisotopic (exact) mass is 297 g/mol. The second-order valence-electron chi connectivity index (χ2n) is 5.50. The van der Waals surface area contributed by atoms with E-state index >= 15 is 0 Å². The quantitative estimate of drug-likeness (QED) is 0.858. The summed E-state index contributed by atoms with van der Waals surface area (Å²) in [6.45, 7) is 2.35. The van der Waals surface area contributed by atoms with Crippen LogP contribution in [0.1, 0.15) is 18.4 Å². The van der Waals surface area contributed by atoms with Crippen molar-refractivity contribution in [1.82, 2.24) is 4.90 Å². The minimum atomic E-state index is -0.485. The molecule has 5 heteroatoms. The van der Waals surface area contributed by atoms with Crippen LogP contribution < -0.4 is 0 Å². The molecule has 2 heterocycles. The van der Waals surface area contributed by atoms with Crippen LogP contribution in [0.15, 0.2) is 18.2 Å². The number of Topliss-reactive ketones (excluding diaryl/α,β-unsaturated/α-hetero) is 1. The Balaban J connectivity index is 1.62. The number of halogens is 2. The van der Waals surface area contributed by atoms with Gasteiger partial charge in [-0.1, -0.05) is 17.7 Å². The highest BCUT2D eigenvalue weighted by atomic mass is 35.5. The van der Waals surface area contributed by atoms with Gasteiger partial charge >= 0.3 is 0 Å². The molecule has 0 bridgehead atoms. The maximum atomic E-state index is 13.4. The van der Waals surface area contributed by atoms with E-state index in [9.17, 15) is 9.18 Å². The Labute approximate surface area is 122 Å². The van der Waals surface area contributed by atoms with E-state index in [2.05, 4.69) is 4.90 Å². The van der Waals surface area contributed by atoms with Gasteiger partial charge in [-0.25, -0.2) is 4.39 Å². The second-order valence-corrected chi connectivity index (χ2v) is 5.91. The predicted molar refractivity (Wildman–Crippen MR) is 74.5 cm³/mol. The largest absolute Gasteiger partial charge is 0.367 e. The number of morpholine rings is 1. The Morgan fingerprint density at radius 1 is 1.50 bits per heavy atom. The zero-order valence-corrected chi connectivity index (χ0v) is 11.9. The molecule has 2 saturated heterocycles. The predicted octanol–water partition coefficient (Wildman–Crippen LogP) is 2.45. The van der Waals surface area contributed by atoms with E-state index in [4.69, 9.17) is 16.3 Å². The molecule has 2 fully saturated rings. The van der Waals surface area contributed by atoms with E-state index in [-0.39, 0.29) is 23.3 Å². The van der Waals surface area contributed by atoms with Crippen LogP contribution in [0.4, 0.5) is 4.39 Å². The summed E-state index contributed by atoms with van der Waals surface area (Å²) in [6, 6.07) is 4.97. The van der Waals surface area contributed by atoms with Gasteiger partial charge in [0.15, 0.2) is 5.78 Å². The van der Waals surface area contributed by atoms with E-state index in [1.165, 1.54) is 18.6 Å². The first-order valence-electron chi connectivity index (χ1n) is 6.96. The first kappa shape index (κ1) is 14.0. The van der Waals surface area contributed by atoms with Gasteiger partial charge in [0.25, 0.3) is 0 Å². The SMILES string of the molecule is O=C(Cc1ccc(Cl)c(F)c1)C1CN2CCCC2CO1. The maximum Gasteiger partial charge on any atom is 0.167 e. The average Bonchev–Trinajstić information content (AvgIpc) is 2.90. The molecule has 20 heavy (non-hydrogen) atoms. The van der Waals surface area contributed by atoms with Crippen molar-refractivity contribution < 1.29 is 13.9 Å². The van der Waals surface area contributed by atoms with Crippen molar-refractivity contribution in [2.45, 2.75) is 31.4 Å². The van der Waals surface area contributed by atoms with Crippen molar-refractivity contribution in [3.05, 3.63) is 34.6 Å². The highest BCUT2D eigenvalue weighted by Crippen LogP contribution is 2.24. The van der Waals surface area contributed by atoms with Crippen LogP contribution in [0.5, 0.6) is 0 Å². The molecule has 3 rings (SSSR count). The summed E-state index contributed by atoms with van der Waals surface area (Å²) in [5.41, 5.74) is 0.643. The van der Waals surface area contributed by atoms with Crippen LogP contribution >= 0.6 is 11.6 Å². The van der Waals surface area contributed by atoms with Crippen LogP contribution in [0.25, 0.3) is 0 Å². The molecule has 2 aliphatic rings. The van der Waals surface area contributed by atoms with Gasteiger partial charge in [0, 0.05) is 19.0 Å². The minimum absolute atomic E-state index is 0.0112. The summed E-state index contributed by atoms with van der Waals surface area (Å²) < 4.78 is 19.0. The lowest BCUT2D eigenvalue weighted by Gasteiger charge is -2.34. The number of carbonyl (C=O) groups excluding carboxylic acids is 1. The van der Waals surface area contributed by atoms with E-state index in [0.717, 1.165) is 13.0 Å². The van der Waals surface area contributed by atoms with Gasteiger partial charge in [-0.05, 0) is 37.1 Å². The van der Waals surface area contributed by atoms with E-state index in [0.29, 0.717) is 24.8 Å². The number of hydrogen-bond acceptors (Lipinski definition) is 3. The molecule has 2 aliphatic heterocycles. The molecule has 1 aromatic carbocycles. The maximum absolute atomic E-state index is 13.4. The van der Waals surface area contributed by atoms with Gasteiger partial charge in [-0.2, -0.15) is 0 Å². The summed E-state index contributed by atoms with van der Waals surface area (Å²) in [7, 11) is 0. The van der Waals surface area contributed by atoms with E-state index < -0.39 is 5.82 Å². The normalized spacial score (nSPS) is 26.5. The smallest absolute Gasteiger partial charge is 0.167 e. The number of rotatable bonds is 3. The van der Waals surface area contributed by atoms with E-state index in [1.807, 2.05) is 0 Å². The molecule has 1 aromatic rings. The molecular weight excluding hydrogens is 281 g/mol. The number of carbonyl (C=O) groups is 1. The molecule has 0 aliphatic carbocycles. The molecule has 0 amide bonds. The third kappa shape index (κ3) is 2.87. The molecule has 108 valence electrons. The number of hydrogen-bond donors (Lipinski definition) is 0. The van der Waals surface area contributed by atoms with E-state index in [1.54, 1.807) is 6.07 Å². The van der Waals surface area contributed by atoms with Crippen molar-refractivity contribution in [1.29, 1.82) is 0 Å². The van der Waals surface area contributed by atoms with Gasteiger partial charge < -0.3 is 4.74 Å². The van der Waals surface area contributed by atoms with Crippen LogP contribution in [0.3, 0.4) is 0 Å². The van der Waals surface area contributed by atoms with Gasteiger partial charge in [-0.3, -0.25) is 9.69 Å². The standard InChI is InChI=1S/C15H17ClFNO2/c16-12-4-3-10(6-13(12)17)7-14(19)15-8-18-5-1-2-11(18)9-20-15/h3-4,6,11,15H,1-2,5,7-9H2. The van der Waals surface area contributed by atoms with Gasteiger partial charge in [-0.15, -0.1) is 0 Å².